The van der Waals surface area contributed by atoms with E-state index < -0.39 is 0 Å². The first-order valence-electron chi connectivity index (χ1n) is 5.02. The fourth-order valence-electron chi connectivity index (χ4n) is 2.20. The summed E-state index contributed by atoms with van der Waals surface area (Å²) in [5, 5.41) is 0. The first-order valence-corrected chi connectivity index (χ1v) is 5.02. The quantitative estimate of drug-likeness (QED) is 0.640. The molecule has 0 aromatic rings. The fraction of sp³-hybridized carbons (Fsp3) is 1.00. The lowest BCUT2D eigenvalue weighted by molar-refractivity contribution is 0.0432. The van der Waals surface area contributed by atoms with Crippen LogP contribution in [0.25, 0.3) is 0 Å². The maximum Gasteiger partial charge on any atom is 0.0726 e. The lowest BCUT2D eigenvalue weighted by Crippen LogP contribution is -2.38. The minimum atomic E-state index is 0.488. The number of methoxy groups -OCH3 is 1. The molecule has 1 aliphatic carbocycles. The highest BCUT2D eigenvalue weighted by Crippen LogP contribution is 2.25. The molecule has 12 heavy (non-hydrogen) atoms. The second-order valence-corrected chi connectivity index (χ2v) is 3.75. The van der Waals surface area contributed by atoms with E-state index in [1.807, 2.05) is 7.11 Å². The Morgan fingerprint density at radius 1 is 1.42 bits per heavy atom. The SMILES string of the molecule is CCCN(C)C1CCCC1OC. The average Bonchev–Trinajstić information content (AvgIpc) is 2.51. The predicted molar refractivity (Wildman–Crippen MR) is 51.4 cm³/mol. The molecule has 0 N–H and O–H groups in total. The van der Waals surface area contributed by atoms with E-state index in [9.17, 15) is 0 Å². The summed E-state index contributed by atoms with van der Waals surface area (Å²) in [5.74, 6) is 0. The monoisotopic (exact) mass is 171 g/mol. The van der Waals surface area contributed by atoms with Gasteiger partial charge in [-0.15, -0.1) is 0 Å². The van der Waals surface area contributed by atoms with Crippen molar-refractivity contribution in [1.82, 2.24) is 4.90 Å². The lowest BCUT2D eigenvalue weighted by Gasteiger charge is -2.28. The molecule has 1 rings (SSSR count). The third-order valence-corrected chi connectivity index (χ3v) is 2.86. The van der Waals surface area contributed by atoms with Crippen LogP contribution in [0.1, 0.15) is 32.6 Å². The summed E-state index contributed by atoms with van der Waals surface area (Å²) in [6.45, 7) is 3.43. The molecular formula is C10H21NO. The lowest BCUT2D eigenvalue weighted by atomic mass is 10.2. The Kier molecular flexibility index (Phi) is 4.02. The van der Waals surface area contributed by atoms with Crippen LogP contribution in [-0.4, -0.2) is 37.7 Å². The molecule has 0 radical (unpaired) electrons. The minimum Gasteiger partial charge on any atom is -0.380 e. The maximum absolute atomic E-state index is 5.45. The van der Waals surface area contributed by atoms with Crippen molar-refractivity contribution in [2.75, 3.05) is 20.7 Å². The molecule has 2 nitrogen and oxygen atoms in total. The van der Waals surface area contributed by atoms with Crippen molar-refractivity contribution in [1.29, 1.82) is 0 Å². The molecule has 2 atom stereocenters. The normalized spacial score (nSPS) is 30.0. The molecule has 72 valence electrons. The van der Waals surface area contributed by atoms with Crippen molar-refractivity contribution >= 4 is 0 Å². The molecular weight excluding hydrogens is 150 g/mol. The van der Waals surface area contributed by atoms with Gasteiger partial charge in [-0.1, -0.05) is 6.92 Å². The number of hydrogen-bond acceptors (Lipinski definition) is 2. The molecule has 0 aromatic heterocycles. The fourth-order valence-corrected chi connectivity index (χ4v) is 2.20. The third kappa shape index (κ3) is 2.20. The molecule has 1 saturated carbocycles. The number of hydrogen-bond donors (Lipinski definition) is 0. The van der Waals surface area contributed by atoms with Crippen LogP contribution in [0.5, 0.6) is 0 Å². The summed E-state index contributed by atoms with van der Waals surface area (Å²) >= 11 is 0. The molecule has 1 aliphatic rings. The van der Waals surface area contributed by atoms with E-state index in [4.69, 9.17) is 4.74 Å². The molecule has 0 aromatic carbocycles. The Labute approximate surface area is 75.9 Å². The predicted octanol–water partition coefficient (Wildman–Crippen LogP) is 1.90. The molecule has 0 saturated heterocycles. The molecule has 2 unspecified atom stereocenters. The van der Waals surface area contributed by atoms with Crippen molar-refractivity contribution in [2.45, 2.75) is 44.8 Å². The second-order valence-electron chi connectivity index (χ2n) is 3.75. The Balaban J connectivity index is 2.38. The van der Waals surface area contributed by atoms with E-state index >= 15 is 0 Å². The van der Waals surface area contributed by atoms with E-state index in [-0.39, 0.29) is 0 Å². The van der Waals surface area contributed by atoms with Gasteiger partial charge in [0.25, 0.3) is 0 Å². The van der Waals surface area contributed by atoms with Crippen LogP contribution in [0.15, 0.2) is 0 Å². The van der Waals surface area contributed by atoms with Crippen molar-refractivity contribution in [3.05, 3.63) is 0 Å². The topological polar surface area (TPSA) is 12.5 Å². The van der Waals surface area contributed by atoms with Crippen molar-refractivity contribution < 1.29 is 4.74 Å². The van der Waals surface area contributed by atoms with Gasteiger partial charge < -0.3 is 9.64 Å². The average molecular weight is 171 g/mol. The van der Waals surface area contributed by atoms with Gasteiger partial charge >= 0.3 is 0 Å². The zero-order valence-corrected chi connectivity index (χ0v) is 8.55. The highest BCUT2D eigenvalue weighted by Gasteiger charge is 2.29. The Hall–Kier alpha value is -0.0800. The van der Waals surface area contributed by atoms with Crippen LogP contribution in [-0.2, 0) is 4.74 Å². The first kappa shape index (κ1) is 10.0. The smallest absolute Gasteiger partial charge is 0.0726 e. The zero-order valence-electron chi connectivity index (χ0n) is 8.55. The highest BCUT2D eigenvalue weighted by atomic mass is 16.5. The maximum atomic E-state index is 5.45. The van der Waals surface area contributed by atoms with Crippen LogP contribution in [0.3, 0.4) is 0 Å². The van der Waals surface area contributed by atoms with Gasteiger partial charge in [-0.25, -0.2) is 0 Å². The summed E-state index contributed by atoms with van der Waals surface area (Å²) < 4.78 is 5.45. The summed E-state index contributed by atoms with van der Waals surface area (Å²) in [7, 11) is 4.05. The highest BCUT2D eigenvalue weighted by molar-refractivity contribution is 4.84. The summed E-state index contributed by atoms with van der Waals surface area (Å²) in [6, 6.07) is 0.676. The number of nitrogens with zero attached hydrogens (tertiary/aromatic N) is 1. The number of rotatable bonds is 4. The van der Waals surface area contributed by atoms with Crippen molar-refractivity contribution in [3.63, 3.8) is 0 Å². The van der Waals surface area contributed by atoms with Crippen LogP contribution in [0.4, 0.5) is 0 Å². The van der Waals surface area contributed by atoms with Gasteiger partial charge in [-0.05, 0) is 39.3 Å². The molecule has 0 aliphatic heterocycles. The molecule has 0 spiro atoms. The van der Waals surface area contributed by atoms with Crippen LogP contribution in [0.2, 0.25) is 0 Å². The van der Waals surface area contributed by atoms with Crippen molar-refractivity contribution in [3.8, 4) is 0 Å². The van der Waals surface area contributed by atoms with Crippen LogP contribution < -0.4 is 0 Å². The van der Waals surface area contributed by atoms with E-state index in [0.717, 1.165) is 0 Å². The second kappa shape index (κ2) is 4.83. The van der Waals surface area contributed by atoms with E-state index in [2.05, 4.69) is 18.9 Å². The standard InChI is InChI=1S/C10H21NO/c1-4-8-11(2)9-6-5-7-10(9)12-3/h9-10H,4-8H2,1-3H3. The van der Waals surface area contributed by atoms with Crippen LogP contribution in [0, 0.1) is 0 Å². The Bertz CT molecular complexity index is 127. The summed E-state index contributed by atoms with van der Waals surface area (Å²) in [5.41, 5.74) is 0. The molecule has 0 heterocycles. The van der Waals surface area contributed by atoms with Crippen LogP contribution >= 0.6 is 0 Å². The van der Waals surface area contributed by atoms with Gasteiger partial charge in [0.2, 0.25) is 0 Å². The molecule has 0 bridgehead atoms. The Morgan fingerprint density at radius 3 is 2.75 bits per heavy atom. The van der Waals surface area contributed by atoms with Gasteiger partial charge in [0.15, 0.2) is 0 Å². The zero-order chi connectivity index (χ0) is 8.97. The Morgan fingerprint density at radius 2 is 2.17 bits per heavy atom. The summed E-state index contributed by atoms with van der Waals surface area (Å²) in [6.07, 6.45) is 5.62. The van der Waals surface area contributed by atoms with E-state index in [1.54, 1.807) is 0 Å². The first-order chi connectivity index (χ1) is 5.79. The van der Waals surface area contributed by atoms with Crippen molar-refractivity contribution in [2.24, 2.45) is 0 Å². The molecule has 2 heteroatoms. The van der Waals surface area contributed by atoms with Gasteiger partial charge in [0.1, 0.15) is 0 Å². The van der Waals surface area contributed by atoms with E-state index in [0.29, 0.717) is 12.1 Å². The third-order valence-electron chi connectivity index (χ3n) is 2.86. The molecule has 0 amide bonds. The van der Waals surface area contributed by atoms with Gasteiger partial charge in [0, 0.05) is 13.2 Å². The molecule has 1 fully saturated rings. The van der Waals surface area contributed by atoms with Gasteiger partial charge in [-0.3, -0.25) is 0 Å². The van der Waals surface area contributed by atoms with Gasteiger partial charge in [0.05, 0.1) is 6.10 Å². The largest absolute Gasteiger partial charge is 0.380 e. The van der Waals surface area contributed by atoms with E-state index in [1.165, 1.54) is 32.2 Å². The summed E-state index contributed by atoms with van der Waals surface area (Å²) in [4.78, 5) is 2.45. The van der Waals surface area contributed by atoms with Gasteiger partial charge in [-0.2, -0.15) is 0 Å². The minimum absolute atomic E-state index is 0.488. The number of ether oxygens (including phenoxy) is 1. The number of likely N-dealkylation sites (N-methyl/N-ethyl adjacent to an activating group) is 1.